The first kappa shape index (κ1) is 17.4. The smallest absolute Gasteiger partial charge is 0.321 e. The second kappa shape index (κ2) is 5.45. The van der Waals surface area contributed by atoms with E-state index < -0.39 is 23.5 Å². The molecule has 146 valence electrons. The van der Waals surface area contributed by atoms with Crippen molar-refractivity contribution in [2.75, 3.05) is 0 Å². The maximum Gasteiger partial charge on any atom is 0.321 e. The summed E-state index contributed by atoms with van der Waals surface area (Å²) in [6.45, 7) is 0. The van der Waals surface area contributed by atoms with Crippen LogP contribution < -0.4 is 11.5 Å². The second-order valence-corrected chi connectivity index (χ2v) is 10.2. The van der Waals surface area contributed by atoms with E-state index in [-0.39, 0.29) is 23.4 Å². The summed E-state index contributed by atoms with van der Waals surface area (Å²) in [6, 6.07) is 0.572. The molecule has 5 N–H and O–H groups in total. The zero-order chi connectivity index (χ0) is 19.1. The number of carbonyl (C=O) groups excluding carboxylic acids is 1. The highest BCUT2D eigenvalue weighted by atomic mass is 16.4. The molecule has 0 radical (unpaired) electrons. The molecule has 6 fully saturated rings. The Morgan fingerprint density at radius 1 is 1.04 bits per heavy atom. The van der Waals surface area contributed by atoms with E-state index >= 15 is 0 Å². The number of amides is 1. The van der Waals surface area contributed by atoms with Gasteiger partial charge in [0.15, 0.2) is 0 Å². The summed E-state index contributed by atoms with van der Waals surface area (Å²) < 4.78 is 0. The molecule has 5 saturated carbocycles. The van der Waals surface area contributed by atoms with Crippen molar-refractivity contribution < 1.29 is 14.7 Å². The lowest BCUT2D eigenvalue weighted by molar-refractivity contribution is -0.165. The molecule has 5 aliphatic carbocycles. The van der Waals surface area contributed by atoms with Crippen molar-refractivity contribution in [1.29, 1.82) is 5.26 Å². The Kier molecular flexibility index (Phi) is 3.52. The third-order valence-electron chi connectivity index (χ3n) is 8.51. The molecule has 27 heavy (non-hydrogen) atoms. The zero-order valence-corrected chi connectivity index (χ0v) is 15.5. The summed E-state index contributed by atoms with van der Waals surface area (Å²) in [6.07, 6.45) is 6.96. The predicted molar refractivity (Wildman–Crippen MR) is 95.9 cm³/mol. The Morgan fingerprint density at radius 3 is 2.19 bits per heavy atom. The van der Waals surface area contributed by atoms with Gasteiger partial charge in [-0.3, -0.25) is 9.59 Å². The van der Waals surface area contributed by atoms with Crippen LogP contribution in [0.4, 0.5) is 0 Å². The summed E-state index contributed by atoms with van der Waals surface area (Å²) in [4.78, 5) is 26.8. The molecule has 4 bridgehead atoms. The van der Waals surface area contributed by atoms with Crippen molar-refractivity contribution in [3.63, 3.8) is 0 Å². The summed E-state index contributed by atoms with van der Waals surface area (Å²) in [5.41, 5.74) is 12.0. The van der Waals surface area contributed by atoms with Crippen LogP contribution in [0.5, 0.6) is 0 Å². The van der Waals surface area contributed by atoms with Crippen LogP contribution >= 0.6 is 0 Å². The average molecular weight is 372 g/mol. The molecule has 0 aromatic heterocycles. The van der Waals surface area contributed by atoms with Gasteiger partial charge in [-0.1, -0.05) is 0 Å². The van der Waals surface area contributed by atoms with Gasteiger partial charge in [0.25, 0.3) is 0 Å². The summed E-state index contributed by atoms with van der Waals surface area (Å²) in [7, 11) is 0. The van der Waals surface area contributed by atoms with Crippen molar-refractivity contribution in [2.45, 2.75) is 75.5 Å². The molecule has 1 saturated heterocycles. The van der Waals surface area contributed by atoms with Gasteiger partial charge >= 0.3 is 5.97 Å². The van der Waals surface area contributed by atoms with E-state index in [1.54, 1.807) is 4.90 Å². The average Bonchev–Trinajstić information content (AvgIpc) is 3.28. The number of aliphatic carboxylic acids is 1. The molecule has 9 atom stereocenters. The van der Waals surface area contributed by atoms with Gasteiger partial charge in [0.1, 0.15) is 12.1 Å². The quantitative estimate of drug-likeness (QED) is 0.669. The third kappa shape index (κ3) is 2.32. The summed E-state index contributed by atoms with van der Waals surface area (Å²) in [5.74, 6) is 0.252. The van der Waals surface area contributed by atoms with Crippen LogP contribution in [0.2, 0.25) is 0 Å². The number of hydrogen-bond donors (Lipinski definition) is 3. The fourth-order valence-corrected chi connectivity index (χ4v) is 7.71. The first-order valence-electron chi connectivity index (χ1n) is 10.2. The number of carbonyl (C=O) groups is 2. The van der Waals surface area contributed by atoms with E-state index in [0.29, 0.717) is 24.2 Å². The van der Waals surface area contributed by atoms with Crippen LogP contribution in [0.15, 0.2) is 0 Å². The van der Waals surface area contributed by atoms with Crippen LogP contribution in [0.25, 0.3) is 0 Å². The third-order valence-corrected chi connectivity index (χ3v) is 8.51. The van der Waals surface area contributed by atoms with Gasteiger partial charge < -0.3 is 21.5 Å². The van der Waals surface area contributed by atoms with E-state index in [2.05, 4.69) is 6.07 Å². The Bertz CT molecular complexity index is 732. The van der Waals surface area contributed by atoms with Crippen LogP contribution in [0, 0.1) is 39.9 Å². The molecule has 0 aromatic rings. The minimum atomic E-state index is -0.947. The molecule has 0 spiro atoms. The fraction of sp³-hybridized carbons (Fsp3) is 0.850. The lowest BCUT2D eigenvalue weighted by Crippen LogP contribution is -2.66. The zero-order valence-electron chi connectivity index (χ0n) is 15.5. The molecule has 6 unspecified atom stereocenters. The molecule has 0 aromatic carbocycles. The number of nitrogens with zero attached hydrogens (tertiary/aromatic N) is 2. The van der Waals surface area contributed by atoms with E-state index in [0.717, 1.165) is 44.9 Å². The van der Waals surface area contributed by atoms with Gasteiger partial charge in [-0.05, 0) is 80.0 Å². The van der Waals surface area contributed by atoms with E-state index in [1.807, 2.05) is 0 Å². The Balaban J connectivity index is 1.45. The van der Waals surface area contributed by atoms with Gasteiger partial charge in [-0.2, -0.15) is 5.26 Å². The standard InChI is InChI=1S/C20H28N4O3/c21-8-13-2-12-3-14(12)24(13)17(25)15(22)19-4-10-1-11(5-19)7-20(6-10,9-19)16(23)18(26)27/h10-16H,1-7,9,22-23H2,(H,26,27)/t10-,11?,12?,13-,14?,15+,16?,19?,20?/m0/s1. The Hall–Kier alpha value is -1.65. The van der Waals surface area contributed by atoms with Crippen molar-refractivity contribution in [1.82, 2.24) is 4.90 Å². The number of hydrogen-bond acceptors (Lipinski definition) is 5. The molecule has 7 nitrogen and oxygen atoms in total. The SMILES string of the molecule is N#C[C@@H]1CC2CC2N1C(=O)[C@@H](N)C12CC3C[C@H](CC(C(N)C(=O)O)(C3)C1)C2. The lowest BCUT2D eigenvalue weighted by atomic mass is 9.41. The fourth-order valence-electron chi connectivity index (χ4n) is 7.71. The molecule has 6 rings (SSSR count). The van der Waals surface area contributed by atoms with Crippen LogP contribution in [-0.4, -0.2) is 46.1 Å². The number of likely N-dealkylation sites (tertiary alicyclic amines) is 1. The molecule has 1 amide bonds. The largest absolute Gasteiger partial charge is 0.480 e. The topological polar surface area (TPSA) is 133 Å². The maximum atomic E-state index is 13.4. The summed E-state index contributed by atoms with van der Waals surface area (Å²) in [5, 5.41) is 19.0. The van der Waals surface area contributed by atoms with Gasteiger partial charge in [0.05, 0.1) is 12.1 Å². The van der Waals surface area contributed by atoms with Gasteiger partial charge in [0, 0.05) is 6.04 Å². The minimum absolute atomic E-state index is 0.0902. The lowest BCUT2D eigenvalue weighted by Gasteiger charge is -2.64. The number of piperidine rings is 1. The van der Waals surface area contributed by atoms with Crippen LogP contribution in [0.3, 0.4) is 0 Å². The van der Waals surface area contributed by atoms with E-state index in [4.69, 9.17) is 11.5 Å². The minimum Gasteiger partial charge on any atom is -0.480 e. The van der Waals surface area contributed by atoms with Gasteiger partial charge in [-0.25, -0.2) is 0 Å². The maximum absolute atomic E-state index is 13.4. The van der Waals surface area contributed by atoms with Crippen molar-refractivity contribution in [3.8, 4) is 6.07 Å². The molecule has 6 aliphatic rings. The number of rotatable bonds is 4. The molecular weight excluding hydrogens is 344 g/mol. The number of carboxylic acids is 1. The molecule has 1 heterocycles. The van der Waals surface area contributed by atoms with E-state index in [1.165, 1.54) is 0 Å². The number of nitriles is 1. The molecule has 7 heteroatoms. The normalized spacial score (nSPS) is 48.6. The highest BCUT2D eigenvalue weighted by molar-refractivity contribution is 5.84. The molecular formula is C20H28N4O3. The first-order chi connectivity index (χ1) is 12.8. The number of nitrogens with two attached hydrogens (primary N) is 2. The summed E-state index contributed by atoms with van der Waals surface area (Å²) >= 11 is 0. The van der Waals surface area contributed by atoms with Gasteiger partial charge in [0.2, 0.25) is 5.91 Å². The van der Waals surface area contributed by atoms with Crippen molar-refractivity contribution >= 4 is 11.9 Å². The number of fused-ring (bicyclic) bond motifs is 1. The monoisotopic (exact) mass is 372 g/mol. The van der Waals surface area contributed by atoms with Crippen molar-refractivity contribution in [3.05, 3.63) is 0 Å². The Morgan fingerprint density at radius 2 is 1.63 bits per heavy atom. The van der Waals surface area contributed by atoms with E-state index in [9.17, 15) is 20.0 Å². The number of carboxylic acid groups (broad SMARTS) is 1. The first-order valence-corrected chi connectivity index (χ1v) is 10.2. The predicted octanol–water partition coefficient (Wildman–Crippen LogP) is 0.825. The van der Waals surface area contributed by atoms with Gasteiger partial charge in [-0.15, -0.1) is 0 Å². The highest BCUT2D eigenvalue weighted by Gasteiger charge is 2.64. The van der Waals surface area contributed by atoms with Crippen LogP contribution in [-0.2, 0) is 9.59 Å². The van der Waals surface area contributed by atoms with Crippen molar-refractivity contribution in [2.24, 2.45) is 40.1 Å². The highest BCUT2D eigenvalue weighted by Crippen LogP contribution is 2.67. The van der Waals surface area contributed by atoms with Crippen LogP contribution in [0.1, 0.15) is 51.4 Å². The molecule has 1 aliphatic heterocycles. The second-order valence-electron chi connectivity index (χ2n) is 10.2. The Labute approximate surface area is 159 Å².